The third kappa shape index (κ3) is 5.01. The Kier molecular flexibility index (Phi) is 6.12. The first-order chi connectivity index (χ1) is 15.1. The lowest BCUT2D eigenvalue weighted by Crippen LogP contribution is -2.28. The highest BCUT2D eigenvalue weighted by Crippen LogP contribution is 2.19. The second kappa shape index (κ2) is 9.30. The van der Waals surface area contributed by atoms with Gasteiger partial charge in [-0.1, -0.05) is 30.3 Å². The Balaban J connectivity index is 1.30. The van der Waals surface area contributed by atoms with Crippen molar-refractivity contribution in [1.82, 2.24) is 14.9 Å². The third-order valence-corrected chi connectivity index (χ3v) is 5.02. The minimum absolute atomic E-state index is 0.137. The van der Waals surface area contributed by atoms with Crippen molar-refractivity contribution in [3.8, 4) is 5.75 Å². The summed E-state index contributed by atoms with van der Waals surface area (Å²) in [7, 11) is 0. The molecule has 1 unspecified atom stereocenters. The first kappa shape index (κ1) is 20.4. The highest BCUT2D eigenvalue weighted by Gasteiger charge is 2.13. The van der Waals surface area contributed by atoms with E-state index in [1.54, 1.807) is 30.6 Å². The number of amides is 1. The number of nitrogens with zero attached hydrogens (tertiary/aromatic N) is 2. The van der Waals surface area contributed by atoms with E-state index in [9.17, 15) is 9.59 Å². The number of nitrogens with one attached hydrogen (secondary N) is 1. The number of aryl methyl sites for hydroxylation is 1. The minimum atomic E-state index is -0.455. The molecule has 1 N–H and O–H groups in total. The molecule has 0 aliphatic carbocycles. The molecular weight excluding hydrogens is 394 g/mol. The maximum absolute atomic E-state index is 12.4. The van der Waals surface area contributed by atoms with Crippen LogP contribution in [0, 0.1) is 0 Å². The molecule has 0 spiro atoms. The van der Waals surface area contributed by atoms with Crippen LogP contribution < -0.4 is 15.8 Å². The van der Waals surface area contributed by atoms with Crippen molar-refractivity contribution in [1.29, 1.82) is 0 Å². The number of hydrogen-bond acceptors (Lipinski definition) is 5. The lowest BCUT2D eigenvalue weighted by atomic mass is 10.1. The number of fused-ring (bicyclic) bond motifs is 1. The fourth-order valence-corrected chi connectivity index (χ4v) is 3.34. The molecule has 0 saturated heterocycles. The van der Waals surface area contributed by atoms with Crippen LogP contribution in [0.1, 0.15) is 30.5 Å². The van der Waals surface area contributed by atoms with Crippen LogP contribution in [-0.2, 0) is 17.9 Å². The summed E-state index contributed by atoms with van der Waals surface area (Å²) in [6.07, 6.45) is 3.68. The molecule has 0 radical (unpaired) electrons. The summed E-state index contributed by atoms with van der Waals surface area (Å²) in [4.78, 5) is 28.5. The van der Waals surface area contributed by atoms with E-state index >= 15 is 0 Å². The van der Waals surface area contributed by atoms with Gasteiger partial charge < -0.3 is 14.5 Å². The van der Waals surface area contributed by atoms with E-state index in [0.717, 1.165) is 16.9 Å². The van der Waals surface area contributed by atoms with E-state index in [1.807, 2.05) is 49.4 Å². The van der Waals surface area contributed by atoms with Crippen LogP contribution in [0.4, 0.5) is 0 Å². The molecule has 0 bridgehead atoms. The topological polar surface area (TPSA) is 86.4 Å². The average molecular weight is 417 g/mol. The molecule has 0 saturated carbocycles. The molecule has 4 rings (SSSR count). The molecule has 2 aromatic heterocycles. The van der Waals surface area contributed by atoms with Gasteiger partial charge in [-0.05, 0) is 42.8 Å². The zero-order valence-electron chi connectivity index (χ0n) is 17.2. The minimum Gasteiger partial charge on any atom is -0.489 e. The van der Waals surface area contributed by atoms with E-state index in [4.69, 9.17) is 9.15 Å². The second-order valence-corrected chi connectivity index (χ2v) is 7.25. The Labute approximate surface area is 179 Å². The van der Waals surface area contributed by atoms with E-state index in [2.05, 4.69) is 10.3 Å². The molecule has 31 heavy (non-hydrogen) atoms. The molecule has 2 aromatic carbocycles. The Bertz CT molecular complexity index is 1210. The van der Waals surface area contributed by atoms with E-state index in [0.29, 0.717) is 17.7 Å². The second-order valence-electron chi connectivity index (χ2n) is 7.25. The van der Waals surface area contributed by atoms with Crippen LogP contribution in [0.3, 0.4) is 0 Å². The molecule has 2 heterocycles. The summed E-state index contributed by atoms with van der Waals surface area (Å²) in [6.45, 7) is 2.62. The van der Waals surface area contributed by atoms with Gasteiger partial charge in [0.25, 0.3) is 0 Å². The average Bonchev–Trinajstić information content (AvgIpc) is 3.12. The molecule has 1 amide bonds. The number of pyridine rings is 1. The SMILES string of the molecule is CC(NC(=O)CCn1c(=O)oc2ccccc21)c1ccc(OCc2cccnc2)cc1. The number of para-hydroxylation sites is 2. The number of aromatic nitrogens is 2. The normalized spacial score (nSPS) is 11.9. The summed E-state index contributed by atoms with van der Waals surface area (Å²) >= 11 is 0. The van der Waals surface area contributed by atoms with Gasteiger partial charge in [-0.2, -0.15) is 0 Å². The maximum Gasteiger partial charge on any atom is 0.419 e. The van der Waals surface area contributed by atoms with Crippen LogP contribution in [0.15, 0.2) is 82.3 Å². The highest BCUT2D eigenvalue weighted by molar-refractivity contribution is 5.77. The number of carbonyl (C=O) groups excluding carboxylic acids is 1. The van der Waals surface area contributed by atoms with Gasteiger partial charge in [-0.15, -0.1) is 0 Å². The summed E-state index contributed by atoms with van der Waals surface area (Å²) < 4.78 is 12.4. The zero-order chi connectivity index (χ0) is 21.6. The molecule has 0 aliphatic heterocycles. The van der Waals surface area contributed by atoms with Crippen molar-refractivity contribution in [3.05, 3.63) is 94.7 Å². The van der Waals surface area contributed by atoms with Crippen LogP contribution in [0.2, 0.25) is 0 Å². The molecular formula is C24H23N3O4. The molecule has 7 heteroatoms. The molecule has 0 aliphatic rings. The van der Waals surface area contributed by atoms with Crippen molar-refractivity contribution >= 4 is 17.0 Å². The number of oxazole rings is 1. The molecule has 158 valence electrons. The smallest absolute Gasteiger partial charge is 0.419 e. The predicted octanol–water partition coefficient (Wildman–Crippen LogP) is 3.84. The number of ether oxygens (including phenoxy) is 1. The summed E-state index contributed by atoms with van der Waals surface area (Å²) in [6, 6.07) is 18.5. The summed E-state index contributed by atoms with van der Waals surface area (Å²) in [5.74, 6) is 0.155. The molecule has 1 atom stereocenters. The summed E-state index contributed by atoms with van der Waals surface area (Å²) in [5, 5.41) is 2.97. The van der Waals surface area contributed by atoms with Gasteiger partial charge in [0.15, 0.2) is 5.58 Å². The standard InChI is InChI=1S/C24H23N3O4/c1-17(19-8-10-20(11-9-19)30-16-18-5-4-13-25-15-18)26-23(28)12-14-27-21-6-2-3-7-22(21)31-24(27)29/h2-11,13,15,17H,12,14,16H2,1H3,(H,26,28). The van der Waals surface area contributed by atoms with Crippen LogP contribution in [-0.4, -0.2) is 15.5 Å². The zero-order valence-corrected chi connectivity index (χ0v) is 17.2. The van der Waals surface area contributed by atoms with Crippen molar-refractivity contribution in [3.63, 3.8) is 0 Å². The van der Waals surface area contributed by atoms with Gasteiger partial charge >= 0.3 is 5.76 Å². The maximum atomic E-state index is 12.4. The molecule has 0 fully saturated rings. The van der Waals surface area contributed by atoms with Crippen molar-refractivity contribution in [2.24, 2.45) is 0 Å². The van der Waals surface area contributed by atoms with Gasteiger partial charge in [0, 0.05) is 30.9 Å². The number of benzene rings is 2. The van der Waals surface area contributed by atoms with Crippen LogP contribution in [0.25, 0.3) is 11.1 Å². The Hall–Kier alpha value is -3.87. The van der Waals surface area contributed by atoms with Gasteiger partial charge in [0.2, 0.25) is 5.91 Å². The van der Waals surface area contributed by atoms with Crippen LogP contribution in [0.5, 0.6) is 5.75 Å². The third-order valence-electron chi connectivity index (χ3n) is 5.02. The van der Waals surface area contributed by atoms with Gasteiger partial charge in [-0.3, -0.25) is 14.3 Å². The Morgan fingerprint density at radius 1 is 1.13 bits per heavy atom. The largest absolute Gasteiger partial charge is 0.489 e. The van der Waals surface area contributed by atoms with Gasteiger partial charge in [0.05, 0.1) is 11.6 Å². The number of carbonyl (C=O) groups is 1. The Morgan fingerprint density at radius 3 is 2.71 bits per heavy atom. The monoisotopic (exact) mass is 417 g/mol. The van der Waals surface area contributed by atoms with Crippen LogP contribution >= 0.6 is 0 Å². The first-order valence-corrected chi connectivity index (χ1v) is 10.1. The number of rotatable bonds is 8. The predicted molar refractivity (Wildman–Crippen MR) is 117 cm³/mol. The van der Waals surface area contributed by atoms with Gasteiger partial charge in [-0.25, -0.2) is 4.79 Å². The fourth-order valence-electron chi connectivity index (χ4n) is 3.34. The summed E-state index contributed by atoms with van der Waals surface area (Å²) in [5.41, 5.74) is 3.17. The molecule has 7 nitrogen and oxygen atoms in total. The molecule has 4 aromatic rings. The highest BCUT2D eigenvalue weighted by atomic mass is 16.5. The number of hydrogen-bond donors (Lipinski definition) is 1. The van der Waals surface area contributed by atoms with Crippen molar-refractivity contribution in [2.45, 2.75) is 32.5 Å². The van der Waals surface area contributed by atoms with Gasteiger partial charge in [0.1, 0.15) is 12.4 Å². The first-order valence-electron chi connectivity index (χ1n) is 10.1. The Morgan fingerprint density at radius 2 is 1.94 bits per heavy atom. The van der Waals surface area contributed by atoms with E-state index in [-0.39, 0.29) is 24.9 Å². The van der Waals surface area contributed by atoms with Crippen molar-refractivity contribution in [2.75, 3.05) is 0 Å². The lowest BCUT2D eigenvalue weighted by molar-refractivity contribution is -0.121. The quantitative estimate of drug-likeness (QED) is 0.471. The van der Waals surface area contributed by atoms with Crippen molar-refractivity contribution < 1.29 is 13.9 Å². The fraction of sp³-hybridized carbons (Fsp3) is 0.208. The van der Waals surface area contributed by atoms with E-state index < -0.39 is 5.76 Å². The van der Waals surface area contributed by atoms with E-state index in [1.165, 1.54) is 4.57 Å². The lowest BCUT2D eigenvalue weighted by Gasteiger charge is -2.15.